The van der Waals surface area contributed by atoms with Gasteiger partial charge in [-0.3, -0.25) is 9.59 Å². The van der Waals surface area contributed by atoms with E-state index in [1.165, 1.54) is 12.8 Å². The SMILES string of the molecule is O=C(CC1CC1)N1CCC(C(=O)NCc2ccco2)(n2ccnc2)CC1. The Morgan fingerprint density at radius 3 is 2.73 bits per heavy atom. The minimum atomic E-state index is -0.709. The van der Waals surface area contributed by atoms with Crippen LogP contribution in [0.15, 0.2) is 41.5 Å². The summed E-state index contributed by atoms with van der Waals surface area (Å²) in [5.74, 6) is 1.47. The number of imidazole rings is 1. The molecule has 1 aliphatic carbocycles. The van der Waals surface area contributed by atoms with Crippen LogP contribution in [0.2, 0.25) is 0 Å². The Kier molecular flexibility index (Phi) is 4.53. The Hall–Kier alpha value is -2.57. The van der Waals surface area contributed by atoms with E-state index in [2.05, 4.69) is 10.3 Å². The second-order valence-corrected chi connectivity index (χ2v) is 7.29. The lowest BCUT2D eigenvalue weighted by atomic mass is 9.85. The molecule has 2 fully saturated rings. The van der Waals surface area contributed by atoms with Gasteiger partial charge in [0, 0.05) is 31.9 Å². The van der Waals surface area contributed by atoms with Crippen LogP contribution in [0.1, 0.15) is 37.9 Å². The largest absolute Gasteiger partial charge is 0.467 e. The summed E-state index contributed by atoms with van der Waals surface area (Å²) < 4.78 is 7.18. The van der Waals surface area contributed by atoms with Gasteiger partial charge in [0.15, 0.2) is 0 Å². The summed E-state index contributed by atoms with van der Waals surface area (Å²) in [6, 6.07) is 3.64. The lowest BCUT2D eigenvalue weighted by molar-refractivity contribution is -0.140. The molecule has 1 aliphatic heterocycles. The third-order valence-corrected chi connectivity index (χ3v) is 5.53. The molecule has 0 atom stereocenters. The molecule has 2 aromatic rings. The number of carbonyl (C=O) groups is 2. The third kappa shape index (κ3) is 3.38. The molecule has 2 amide bonds. The van der Waals surface area contributed by atoms with Gasteiger partial charge >= 0.3 is 0 Å². The Labute approximate surface area is 152 Å². The van der Waals surface area contributed by atoms with Gasteiger partial charge in [-0.1, -0.05) is 0 Å². The van der Waals surface area contributed by atoms with E-state index in [4.69, 9.17) is 4.42 Å². The first-order valence-electron chi connectivity index (χ1n) is 9.24. The highest BCUT2D eigenvalue weighted by Crippen LogP contribution is 2.35. The first kappa shape index (κ1) is 16.9. The molecule has 3 heterocycles. The van der Waals surface area contributed by atoms with Gasteiger partial charge < -0.3 is 19.2 Å². The number of furan rings is 1. The molecule has 2 aliphatic rings. The predicted molar refractivity (Wildman–Crippen MR) is 93.9 cm³/mol. The number of rotatable bonds is 6. The summed E-state index contributed by atoms with van der Waals surface area (Å²) >= 11 is 0. The molecule has 1 saturated carbocycles. The van der Waals surface area contributed by atoms with Crippen LogP contribution in [0, 0.1) is 5.92 Å². The second-order valence-electron chi connectivity index (χ2n) is 7.29. The topological polar surface area (TPSA) is 80.4 Å². The number of hydrogen-bond acceptors (Lipinski definition) is 4. The van der Waals surface area contributed by atoms with E-state index < -0.39 is 5.54 Å². The zero-order chi connectivity index (χ0) is 18.0. The van der Waals surface area contributed by atoms with Gasteiger partial charge in [0.2, 0.25) is 11.8 Å². The number of amides is 2. The number of hydrogen-bond donors (Lipinski definition) is 1. The first-order chi connectivity index (χ1) is 12.7. The Bertz CT molecular complexity index is 742. The summed E-state index contributed by atoms with van der Waals surface area (Å²) in [7, 11) is 0. The zero-order valence-electron chi connectivity index (χ0n) is 14.8. The summed E-state index contributed by atoms with van der Waals surface area (Å²) in [4.78, 5) is 31.5. The van der Waals surface area contributed by atoms with E-state index in [9.17, 15) is 9.59 Å². The first-order valence-corrected chi connectivity index (χ1v) is 9.24. The molecule has 138 valence electrons. The molecule has 1 N–H and O–H groups in total. The van der Waals surface area contributed by atoms with Crippen LogP contribution in [0.4, 0.5) is 0 Å². The van der Waals surface area contributed by atoms with Crippen molar-refractivity contribution in [2.75, 3.05) is 13.1 Å². The maximum absolute atomic E-state index is 13.1. The maximum Gasteiger partial charge on any atom is 0.246 e. The number of piperidine rings is 1. The van der Waals surface area contributed by atoms with Crippen molar-refractivity contribution in [2.45, 2.75) is 44.2 Å². The Morgan fingerprint density at radius 1 is 1.31 bits per heavy atom. The van der Waals surface area contributed by atoms with Crippen LogP contribution in [0.25, 0.3) is 0 Å². The minimum Gasteiger partial charge on any atom is -0.467 e. The minimum absolute atomic E-state index is 0.0545. The standard InChI is InChI=1S/C19H24N4O3/c24-17(12-15-3-4-15)22-8-5-19(6-9-22,23-10-7-20-14-23)18(25)21-13-16-2-1-11-26-16/h1-2,7,10-11,14-15H,3-6,8-9,12-13H2,(H,21,25). The zero-order valence-corrected chi connectivity index (χ0v) is 14.8. The molecule has 4 rings (SSSR count). The van der Waals surface area contributed by atoms with E-state index in [1.54, 1.807) is 24.9 Å². The molecule has 0 bridgehead atoms. The van der Waals surface area contributed by atoms with Crippen molar-refractivity contribution < 1.29 is 14.0 Å². The van der Waals surface area contributed by atoms with Crippen LogP contribution in [-0.2, 0) is 21.7 Å². The second kappa shape index (κ2) is 6.97. The van der Waals surface area contributed by atoms with Crippen LogP contribution < -0.4 is 5.32 Å². The fraction of sp³-hybridized carbons (Fsp3) is 0.526. The highest BCUT2D eigenvalue weighted by atomic mass is 16.3. The van der Waals surface area contributed by atoms with Gasteiger partial charge in [-0.2, -0.15) is 0 Å². The van der Waals surface area contributed by atoms with E-state index in [0.29, 0.717) is 44.8 Å². The molecule has 0 radical (unpaired) electrons. The van der Waals surface area contributed by atoms with Gasteiger partial charge in [0.1, 0.15) is 11.3 Å². The van der Waals surface area contributed by atoms with Gasteiger partial charge in [0.05, 0.1) is 19.1 Å². The molecule has 7 heteroatoms. The van der Waals surface area contributed by atoms with Crippen LogP contribution in [0.5, 0.6) is 0 Å². The monoisotopic (exact) mass is 356 g/mol. The molecule has 0 spiro atoms. The van der Waals surface area contributed by atoms with Crippen LogP contribution in [-0.4, -0.2) is 39.4 Å². The van der Waals surface area contributed by atoms with Gasteiger partial charge in [-0.05, 0) is 43.7 Å². The number of nitrogens with zero attached hydrogens (tertiary/aromatic N) is 3. The molecular weight excluding hydrogens is 332 g/mol. The highest BCUT2D eigenvalue weighted by molar-refractivity contribution is 5.85. The number of nitrogens with one attached hydrogen (secondary N) is 1. The predicted octanol–water partition coefficient (Wildman–Crippen LogP) is 1.91. The normalized spacial score (nSPS) is 19.3. The van der Waals surface area contributed by atoms with Crippen LogP contribution >= 0.6 is 0 Å². The van der Waals surface area contributed by atoms with Gasteiger partial charge in [-0.15, -0.1) is 0 Å². The lowest BCUT2D eigenvalue weighted by Crippen LogP contribution is -2.55. The summed E-state index contributed by atoms with van der Waals surface area (Å²) in [6.07, 6.45) is 11.0. The highest BCUT2D eigenvalue weighted by Gasteiger charge is 2.44. The molecule has 0 unspecified atom stereocenters. The number of aromatic nitrogens is 2. The summed E-state index contributed by atoms with van der Waals surface area (Å²) in [5, 5.41) is 2.99. The van der Waals surface area contributed by atoms with E-state index >= 15 is 0 Å². The van der Waals surface area contributed by atoms with Crippen molar-refractivity contribution in [1.29, 1.82) is 0 Å². The number of carbonyl (C=O) groups excluding carboxylic acids is 2. The molecule has 1 saturated heterocycles. The van der Waals surface area contributed by atoms with Gasteiger partial charge in [0.25, 0.3) is 0 Å². The van der Waals surface area contributed by atoms with Crippen molar-refractivity contribution in [3.05, 3.63) is 42.9 Å². The number of likely N-dealkylation sites (tertiary alicyclic amines) is 1. The molecule has 0 aromatic carbocycles. The van der Waals surface area contributed by atoms with Crippen molar-refractivity contribution in [1.82, 2.24) is 19.8 Å². The smallest absolute Gasteiger partial charge is 0.246 e. The average Bonchev–Trinajstić information content (AvgIpc) is 3.13. The Morgan fingerprint density at radius 2 is 2.12 bits per heavy atom. The van der Waals surface area contributed by atoms with E-state index in [0.717, 1.165) is 5.76 Å². The van der Waals surface area contributed by atoms with Crippen molar-refractivity contribution >= 4 is 11.8 Å². The molecule has 26 heavy (non-hydrogen) atoms. The van der Waals surface area contributed by atoms with E-state index in [-0.39, 0.29) is 11.8 Å². The van der Waals surface area contributed by atoms with Gasteiger partial charge in [-0.25, -0.2) is 4.98 Å². The molecular formula is C19H24N4O3. The fourth-order valence-corrected chi connectivity index (χ4v) is 3.68. The Balaban J connectivity index is 1.45. The quantitative estimate of drug-likeness (QED) is 0.857. The van der Waals surface area contributed by atoms with Crippen molar-refractivity contribution in [3.63, 3.8) is 0 Å². The van der Waals surface area contributed by atoms with Crippen molar-refractivity contribution in [3.8, 4) is 0 Å². The molecule has 2 aromatic heterocycles. The summed E-state index contributed by atoms with van der Waals surface area (Å²) in [5.41, 5.74) is -0.709. The average molecular weight is 356 g/mol. The van der Waals surface area contributed by atoms with Crippen molar-refractivity contribution in [2.24, 2.45) is 5.92 Å². The fourth-order valence-electron chi connectivity index (χ4n) is 3.68. The van der Waals surface area contributed by atoms with Crippen LogP contribution in [0.3, 0.4) is 0 Å². The lowest BCUT2D eigenvalue weighted by Gasteiger charge is -2.41. The van der Waals surface area contributed by atoms with E-state index in [1.807, 2.05) is 21.7 Å². The third-order valence-electron chi connectivity index (χ3n) is 5.53. The molecule has 7 nitrogen and oxygen atoms in total. The summed E-state index contributed by atoms with van der Waals surface area (Å²) in [6.45, 7) is 1.54. The maximum atomic E-state index is 13.1.